The van der Waals surface area contributed by atoms with Gasteiger partial charge in [-0.15, -0.1) is 0 Å². The van der Waals surface area contributed by atoms with Crippen molar-refractivity contribution < 1.29 is 4.79 Å². The summed E-state index contributed by atoms with van der Waals surface area (Å²) in [5, 5.41) is 0. The number of carbonyl (C=O) groups excluding carboxylic acids is 1. The first-order chi connectivity index (χ1) is 9.58. The van der Waals surface area contributed by atoms with Crippen molar-refractivity contribution in [1.29, 1.82) is 0 Å². The number of hydrogen-bond donors (Lipinski definition) is 0. The van der Waals surface area contributed by atoms with E-state index in [4.69, 9.17) is 0 Å². The van der Waals surface area contributed by atoms with Crippen LogP contribution in [0.5, 0.6) is 0 Å². The van der Waals surface area contributed by atoms with Crippen LogP contribution in [0.2, 0.25) is 0 Å². The minimum atomic E-state index is 0.111. The van der Waals surface area contributed by atoms with Crippen molar-refractivity contribution in [2.24, 2.45) is 0 Å². The summed E-state index contributed by atoms with van der Waals surface area (Å²) in [6.07, 6.45) is 3.78. The number of rotatable bonds is 2. The lowest BCUT2D eigenvalue weighted by atomic mass is 10.0. The van der Waals surface area contributed by atoms with Gasteiger partial charge in [0.15, 0.2) is 0 Å². The van der Waals surface area contributed by atoms with Crippen LogP contribution >= 0.6 is 0 Å². The Hall–Kier alpha value is -1.42. The van der Waals surface area contributed by atoms with Crippen molar-refractivity contribution >= 4 is 5.91 Å². The quantitative estimate of drug-likeness (QED) is 0.833. The Kier molecular flexibility index (Phi) is 6.65. The monoisotopic (exact) mass is 277 g/mol. The van der Waals surface area contributed by atoms with Crippen LogP contribution in [0, 0.1) is 6.92 Å². The smallest absolute Gasteiger partial charge is 0.255 e. The maximum absolute atomic E-state index is 12.3. The zero-order valence-electron chi connectivity index (χ0n) is 13.4. The molecule has 1 aromatic rings. The minimum Gasteiger partial charge on any atom is -0.338 e. The molecule has 0 spiro atoms. The van der Waals surface area contributed by atoms with Gasteiger partial charge in [0.05, 0.1) is 5.56 Å². The van der Waals surface area contributed by atoms with Gasteiger partial charge >= 0.3 is 0 Å². The second-order valence-corrected chi connectivity index (χ2v) is 5.18. The van der Waals surface area contributed by atoms with Crippen LogP contribution in [-0.4, -0.2) is 53.9 Å². The molecule has 2 heterocycles. The molecule has 4 nitrogen and oxygen atoms in total. The van der Waals surface area contributed by atoms with Gasteiger partial charge in [-0.1, -0.05) is 13.8 Å². The predicted molar refractivity (Wildman–Crippen MR) is 82.9 cm³/mol. The maximum atomic E-state index is 12.3. The first kappa shape index (κ1) is 16.6. The van der Waals surface area contributed by atoms with Crippen LogP contribution < -0.4 is 0 Å². The second-order valence-electron chi connectivity index (χ2n) is 5.18. The van der Waals surface area contributed by atoms with Crippen molar-refractivity contribution in [3.8, 4) is 0 Å². The second kappa shape index (κ2) is 8.00. The number of hydrogen-bond acceptors (Lipinski definition) is 3. The number of likely N-dealkylation sites (tertiary alicyclic amines) is 1. The molecule has 0 aliphatic carbocycles. The molecule has 1 aromatic heterocycles. The summed E-state index contributed by atoms with van der Waals surface area (Å²) < 4.78 is 0. The molecular weight excluding hydrogens is 250 g/mol. The summed E-state index contributed by atoms with van der Waals surface area (Å²) in [5.41, 5.74) is 1.64. The van der Waals surface area contributed by atoms with Gasteiger partial charge in [0, 0.05) is 31.0 Å². The number of carbonyl (C=O) groups is 1. The van der Waals surface area contributed by atoms with E-state index in [-0.39, 0.29) is 5.91 Å². The summed E-state index contributed by atoms with van der Waals surface area (Å²) in [7, 11) is 4.21. The van der Waals surface area contributed by atoms with Gasteiger partial charge in [0.2, 0.25) is 0 Å². The Bertz CT molecular complexity index is 406. The van der Waals surface area contributed by atoms with E-state index >= 15 is 0 Å². The average Bonchev–Trinajstić information content (AvgIpc) is 2.49. The third-order valence-corrected chi connectivity index (χ3v) is 3.64. The minimum absolute atomic E-state index is 0.111. The Labute approximate surface area is 122 Å². The molecule has 0 bridgehead atoms. The lowest BCUT2D eigenvalue weighted by Crippen LogP contribution is -2.44. The van der Waals surface area contributed by atoms with Crippen LogP contribution in [0.25, 0.3) is 0 Å². The molecular formula is C16H27N3O. The molecule has 0 atom stereocenters. The first-order valence-corrected chi connectivity index (χ1v) is 7.46. The molecule has 1 aliphatic rings. The fourth-order valence-electron chi connectivity index (χ4n) is 2.36. The van der Waals surface area contributed by atoms with Crippen LogP contribution in [0.15, 0.2) is 18.3 Å². The molecule has 0 saturated carbocycles. The highest BCUT2D eigenvalue weighted by molar-refractivity contribution is 5.93. The van der Waals surface area contributed by atoms with E-state index in [0.29, 0.717) is 11.6 Å². The fraction of sp³-hybridized carbons (Fsp3) is 0.625. The SMILES string of the molecule is CC.Cc1ccc(C(=O)N2CCC(N(C)C)CC2)cn1. The molecule has 1 amide bonds. The third-order valence-electron chi connectivity index (χ3n) is 3.64. The molecule has 2 rings (SSSR count). The van der Waals surface area contributed by atoms with Crippen LogP contribution in [0.3, 0.4) is 0 Å². The van der Waals surface area contributed by atoms with Gasteiger partial charge in [-0.05, 0) is 46.0 Å². The lowest BCUT2D eigenvalue weighted by Gasteiger charge is -2.35. The van der Waals surface area contributed by atoms with Crippen LogP contribution in [-0.2, 0) is 0 Å². The fourth-order valence-corrected chi connectivity index (χ4v) is 2.36. The zero-order valence-corrected chi connectivity index (χ0v) is 13.4. The van der Waals surface area contributed by atoms with E-state index in [1.54, 1.807) is 6.20 Å². The molecule has 0 aromatic carbocycles. The first-order valence-electron chi connectivity index (χ1n) is 7.46. The van der Waals surface area contributed by atoms with Crippen molar-refractivity contribution in [2.45, 2.75) is 39.7 Å². The van der Waals surface area contributed by atoms with E-state index in [2.05, 4.69) is 24.0 Å². The average molecular weight is 277 g/mol. The molecule has 1 saturated heterocycles. The summed E-state index contributed by atoms with van der Waals surface area (Å²) in [4.78, 5) is 20.6. The molecule has 0 unspecified atom stereocenters. The molecule has 4 heteroatoms. The Morgan fingerprint density at radius 1 is 1.25 bits per heavy atom. The molecule has 1 aliphatic heterocycles. The normalized spacial score (nSPS) is 15.8. The van der Waals surface area contributed by atoms with Gasteiger partial charge in [-0.2, -0.15) is 0 Å². The zero-order chi connectivity index (χ0) is 15.1. The number of aryl methyl sites for hydroxylation is 1. The Balaban J connectivity index is 0.000000956. The maximum Gasteiger partial charge on any atom is 0.255 e. The highest BCUT2D eigenvalue weighted by Crippen LogP contribution is 2.16. The van der Waals surface area contributed by atoms with Gasteiger partial charge in [0.1, 0.15) is 0 Å². The number of pyridine rings is 1. The van der Waals surface area contributed by atoms with E-state index in [1.165, 1.54) is 0 Å². The van der Waals surface area contributed by atoms with E-state index < -0.39 is 0 Å². The molecule has 0 N–H and O–H groups in total. The highest BCUT2D eigenvalue weighted by atomic mass is 16.2. The number of aromatic nitrogens is 1. The summed E-state index contributed by atoms with van der Waals surface area (Å²) in [6, 6.07) is 4.35. The van der Waals surface area contributed by atoms with Crippen molar-refractivity contribution in [3.63, 3.8) is 0 Å². The number of piperidine rings is 1. The van der Waals surface area contributed by atoms with E-state index in [9.17, 15) is 4.79 Å². The van der Waals surface area contributed by atoms with Crippen molar-refractivity contribution in [2.75, 3.05) is 27.2 Å². The molecule has 1 fully saturated rings. The van der Waals surface area contributed by atoms with Crippen LogP contribution in [0.1, 0.15) is 42.7 Å². The van der Waals surface area contributed by atoms with Gasteiger partial charge in [-0.25, -0.2) is 0 Å². The predicted octanol–water partition coefficient (Wildman–Crippen LogP) is 2.58. The number of amides is 1. The number of nitrogens with zero attached hydrogens (tertiary/aromatic N) is 3. The standard InChI is InChI=1S/C14H21N3O.C2H6/c1-11-4-5-12(10-15-11)14(18)17-8-6-13(7-9-17)16(2)3;1-2/h4-5,10,13H,6-9H2,1-3H3;1-2H3. The molecule has 112 valence electrons. The van der Waals surface area contributed by atoms with E-state index in [1.807, 2.05) is 37.8 Å². The summed E-state index contributed by atoms with van der Waals surface area (Å²) in [5.74, 6) is 0.111. The Morgan fingerprint density at radius 2 is 1.85 bits per heavy atom. The Morgan fingerprint density at radius 3 is 2.30 bits per heavy atom. The topological polar surface area (TPSA) is 36.4 Å². The summed E-state index contributed by atoms with van der Waals surface area (Å²) in [6.45, 7) is 7.61. The highest BCUT2D eigenvalue weighted by Gasteiger charge is 2.24. The molecule has 0 radical (unpaired) electrons. The largest absolute Gasteiger partial charge is 0.338 e. The van der Waals surface area contributed by atoms with Crippen molar-refractivity contribution in [1.82, 2.24) is 14.8 Å². The van der Waals surface area contributed by atoms with Gasteiger partial charge in [-0.3, -0.25) is 9.78 Å². The lowest BCUT2D eigenvalue weighted by molar-refractivity contribution is 0.0663. The third kappa shape index (κ3) is 4.30. The van der Waals surface area contributed by atoms with Crippen LogP contribution in [0.4, 0.5) is 0 Å². The van der Waals surface area contributed by atoms with Gasteiger partial charge < -0.3 is 9.80 Å². The van der Waals surface area contributed by atoms with Crippen molar-refractivity contribution in [3.05, 3.63) is 29.6 Å². The summed E-state index contributed by atoms with van der Waals surface area (Å²) >= 11 is 0. The van der Waals surface area contributed by atoms with Gasteiger partial charge in [0.25, 0.3) is 5.91 Å². The van der Waals surface area contributed by atoms with E-state index in [0.717, 1.165) is 31.6 Å². The molecule has 20 heavy (non-hydrogen) atoms.